The highest BCUT2D eigenvalue weighted by Gasteiger charge is 2.17. The van der Waals surface area contributed by atoms with Gasteiger partial charge in [0.1, 0.15) is 0 Å². The molecule has 0 spiro atoms. The fourth-order valence-corrected chi connectivity index (χ4v) is 1.40. The molecule has 1 saturated heterocycles. The maximum atomic E-state index is 5.78. The average molecular weight is 173 g/mol. The highest BCUT2D eigenvalue weighted by atomic mass is 16.5. The van der Waals surface area contributed by atoms with Gasteiger partial charge < -0.3 is 15.2 Å². The van der Waals surface area contributed by atoms with Crippen LogP contribution in [0, 0.1) is 0 Å². The zero-order chi connectivity index (χ0) is 8.81. The van der Waals surface area contributed by atoms with Crippen molar-refractivity contribution in [3.63, 3.8) is 0 Å². The van der Waals surface area contributed by atoms with Crippen molar-refractivity contribution in [1.82, 2.24) is 0 Å². The fraction of sp³-hybridized carbons (Fsp3) is 1.00. The van der Waals surface area contributed by atoms with E-state index in [1.54, 1.807) is 0 Å². The van der Waals surface area contributed by atoms with Crippen LogP contribution in [-0.2, 0) is 9.47 Å². The minimum atomic E-state index is 0.244. The standard InChI is InChI=1S/C9H19NO2/c1-2-8(7-10)12-9-3-5-11-6-4-9/h8-9H,2-7,10H2,1H3. The van der Waals surface area contributed by atoms with Crippen LogP contribution >= 0.6 is 0 Å². The Morgan fingerprint density at radius 3 is 2.67 bits per heavy atom. The molecule has 0 aliphatic carbocycles. The van der Waals surface area contributed by atoms with Crippen LogP contribution in [0.5, 0.6) is 0 Å². The van der Waals surface area contributed by atoms with Crippen LogP contribution < -0.4 is 5.73 Å². The number of nitrogens with two attached hydrogens (primary N) is 1. The summed E-state index contributed by atoms with van der Waals surface area (Å²) >= 11 is 0. The third-order valence-electron chi connectivity index (χ3n) is 2.27. The predicted molar refractivity (Wildman–Crippen MR) is 48.1 cm³/mol. The lowest BCUT2D eigenvalue weighted by molar-refractivity contribution is -0.0658. The Morgan fingerprint density at radius 2 is 2.17 bits per heavy atom. The Hall–Kier alpha value is -0.120. The topological polar surface area (TPSA) is 44.5 Å². The second kappa shape index (κ2) is 5.51. The molecular weight excluding hydrogens is 154 g/mol. The van der Waals surface area contributed by atoms with Gasteiger partial charge in [-0.15, -0.1) is 0 Å². The molecule has 0 aromatic rings. The molecule has 1 fully saturated rings. The van der Waals surface area contributed by atoms with Crippen molar-refractivity contribution >= 4 is 0 Å². The summed E-state index contributed by atoms with van der Waals surface area (Å²) in [7, 11) is 0. The molecule has 12 heavy (non-hydrogen) atoms. The summed E-state index contributed by atoms with van der Waals surface area (Å²) in [5.74, 6) is 0. The maximum absolute atomic E-state index is 5.78. The van der Waals surface area contributed by atoms with Crippen molar-refractivity contribution in [3.05, 3.63) is 0 Å². The normalized spacial score (nSPS) is 22.5. The molecule has 1 rings (SSSR count). The molecule has 72 valence electrons. The van der Waals surface area contributed by atoms with Crippen LogP contribution in [0.3, 0.4) is 0 Å². The second-order valence-electron chi connectivity index (χ2n) is 3.21. The summed E-state index contributed by atoms with van der Waals surface area (Å²) < 4.78 is 11.0. The molecule has 0 radical (unpaired) electrons. The molecular formula is C9H19NO2. The molecule has 0 amide bonds. The van der Waals surface area contributed by atoms with Crippen LogP contribution in [0.1, 0.15) is 26.2 Å². The van der Waals surface area contributed by atoms with Crippen LogP contribution in [0.2, 0.25) is 0 Å². The molecule has 0 aromatic carbocycles. The van der Waals surface area contributed by atoms with E-state index in [2.05, 4.69) is 6.92 Å². The predicted octanol–water partition coefficient (Wildman–Crippen LogP) is 0.919. The summed E-state index contributed by atoms with van der Waals surface area (Å²) in [6.45, 7) is 4.42. The minimum absolute atomic E-state index is 0.244. The van der Waals surface area contributed by atoms with Crippen molar-refractivity contribution < 1.29 is 9.47 Å². The van der Waals surface area contributed by atoms with E-state index in [1.165, 1.54) is 0 Å². The fourth-order valence-electron chi connectivity index (χ4n) is 1.40. The molecule has 1 aliphatic heterocycles. The number of ether oxygens (including phenoxy) is 2. The Morgan fingerprint density at radius 1 is 1.50 bits per heavy atom. The second-order valence-corrected chi connectivity index (χ2v) is 3.21. The summed E-state index contributed by atoms with van der Waals surface area (Å²) in [5, 5.41) is 0. The Bertz CT molecular complexity index is 109. The number of rotatable bonds is 4. The summed E-state index contributed by atoms with van der Waals surface area (Å²) in [6, 6.07) is 0. The van der Waals surface area contributed by atoms with Gasteiger partial charge in [0.15, 0.2) is 0 Å². The maximum Gasteiger partial charge on any atom is 0.0698 e. The average Bonchev–Trinajstić information content (AvgIpc) is 2.16. The lowest BCUT2D eigenvalue weighted by Crippen LogP contribution is -2.32. The van der Waals surface area contributed by atoms with Crippen molar-refractivity contribution in [3.8, 4) is 0 Å². The molecule has 1 aliphatic rings. The summed E-state index contributed by atoms with van der Waals surface area (Å²) in [5.41, 5.74) is 5.54. The van der Waals surface area contributed by atoms with Crippen molar-refractivity contribution in [2.24, 2.45) is 5.73 Å². The quantitative estimate of drug-likeness (QED) is 0.687. The monoisotopic (exact) mass is 173 g/mol. The smallest absolute Gasteiger partial charge is 0.0698 e. The van der Waals surface area contributed by atoms with E-state index in [0.29, 0.717) is 12.6 Å². The van der Waals surface area contributed by atoms with Gasteiger partial charge in [-0.2, -0.15) is 0 Å². The van der Waals surface area contributed by atoms with Gasteiger partial charge in [-0.1, -0.05) is 6.92 Å². The van der Waals surface area contributed by atoms with Gasteiger partial charge >= 0.3 is 0 Å². The van der Waals surface area contributed by atoms with Gasteiger partial charge in [0.05, 0.1) is 12.2 Å². The van der Waals surface area contributed by atoms with Crippen LogP contribution in [0.25, 0.3) is 0 Å². The molecule has 3 heteroatoms. The Labute approximate surface area is 74.2 Å². The van der Waals surface area contributed by atoms with E-state index in [-0.39, 0.29) is 6.10 Å². The van der Waals surface area contributed by atoms with E-state index in [0.717, 1.165) is 32.5 Å². The third kappa shape index (κ3) is 3.09. The van der Waals surface area contributed by atoms with E-state index < -0.39 is 0 Å². The zero-order valence-electron chi connectivity index (χ0n) is 7.79. The molecule has 0 saturated carbocycles. The molecule has 1 atom stereocenters. The van der Waals surface area contributed by atoms with Crippen LogP contribution in [0.15, 0.2) is 0 Å². The Balaban J connectivity index is 2.18. The van der Waals surface area contributed by atoms with E-state index >= 15 is 0 Å². The van der Waals surface area contributed by atoms with Gasteiger partial charge in [0.25, 0.3) is 0 Å². The van der Waals surface area contributed by atoms with Crippen LogP contribution in [-0.4, -0.2) is 32.0 Å². The lowest BCUT2D eigenvalue weighted by atomic mass is 10.1. The van der Waals surface area contributed by atoms with Crippen molar-refractivity contribution in [1.29, 1.82) is 0 Å². The first-order valence-corrected chi connectivity index (χ1v) is 4.80. The first-order valence-electron chi connectivity index (χ1n) is 4.80. The van der Waals surface area contributed by atoms with E-state index in [1.807, 2.05) is 0 Å². The van der Waals surface area contributed by atoms with Crippen molar-refractivity contribution in [2.45, 2.75) is 38.4 Å². The molecule has 3 nitrogen and oxygen atoms in total. The number of hydrogen-bond donors (Lipinski definition) is 1. The lowest BCUT2D eigenvalue weighted by Gasteiger charge is -2.26. The Kier molecular flexibility index (Phi) is 4.58. The van der Waals surface area contributed by atoms with Crippen LogP contribution in [0.4, 0.5) is 0 Å². The molecule has 2 N–H and O–H groups in total. The third-order valence-corrected chi connectivity index (χ3v) is 2.27. The first kappa shape index (κ1) is 9.96. The van der Waals surface area contributed by atoms with E-state index in [4.69, 9.17) is 15.2 Å². The number of hydrogen-bond acceptors (Lipinski definition) is 3. The summed E-state index contributed by atoms with van der Waals surface area (Å²) in [4.78, 5) is 0. The largest absolute Gasteiger partial charge is 0.381 e. The molecule has 0 bridgehead atoms. The molecule has 0 aromatic heterocycles. The minimum Gasteiger partial charge on any atom is -0.381 e. The summed E-state index contributed by atoms with van der Waals surface area (Å²) in [6.07, 6.45) is 3.68. The van der Waals surface area contributed by atoms with Gasteiger partial charge in [-0.05, 0) is 19.3 Å². The van der Waals surface area contributed by atoms with Gasteiger partial charge in [0.2, 0.25) is 0 Å². The SMILES string of the molecule is CCC(CN)OC1CCOCC1. The zero-order valence-corrected chi connectivity index (χ0v) is 7.79. The van der Waals surface area contributed by atoms with Crippen molar-refractivity contribution in [2.75, 3.05) is 19.8 Å². The first-order chi connectivity index (χ1) is 5.86. The molecule has 1 unspecified atom stereocenters. The van der Waals surface area contributed by atoms with Gasteiger partial charge in [-0.3, -0.25) is 0 Å². The van der Waals surface area contributed by atoms with E-state index in [9.17, 15) is 0 Å². The highest BCUT2D eigenvalue weighted by Crippen LogP contribution is 2.13. The highest BCUT2D eigenvalue weighted by molar-refractivity contribution is 4.66. The van der Waals surface area contributed by atoms with Gasteiger partial charge in [0, 0.05) is 19.8 Å². The molecule has 1 heterocycles. The van der Waals surface area contributed by atoms with Gasteiger partial charge in [-0.25, -0.2) is 0 Å².